The predicted molar refractivity (Wildman–Crippen MR) is 79.4 cm³/mol. The molecule has 2 rings (SSSR count). The van der Waals surface area contributed by atoms with E-state index in [0.29, 0.717) is 22.8 Å². The van der Waals surface area contributed by atoms with Gasteiger partial charge in [0.2, 0.25) is 5.91 Å². The highest BCUT2D eigenvalue weighted by molar-refractivity contribution is 6.33. The van der Waals surface area contributed by atoms with E-state index in [1.165, 1.54) is 12.8 Å². The van der Waals surface area contributed by atoms with Gasteiger partial charge in [-0.05, 0) is 51.1 Å². The Hall–Kier alpha value is -1.26. The van der Waals surface area contributed by atoms with Gasteiger partial charge >= 0.3 is 0 Å². The van der Waals surface area contributed by atoms with Gasteiger partial charge in [-0.25, -0.2) is 0 Å². The molecular weight excluding hydrogens is 262 g/mol. The van der Waals surface area contributed by atoms with E-state index in [0.717, 1.165) is 19.0 Å². The fourth-order valence-electron chi connectivity index (χ4n) is 2.03. The van der Waals surface area contributed by atoms with Gasteiger partial charge in [-0.2, -0.15) is 0 Å². The van der Waals surface area contributed by atoms with Crippen molar-refractivity contribution in [2.45, 2.75) is 31.7 Å². The molecule has 1 saturated carbocycles. The van der Waals surface area contributed by atoms with Gasteiger partial charge in [0.05, 0.1) is 10.7 Å². The van der Waals surface area contributed by atoms with Crippen molar-refractivity contribution in [2.75, 3.05) is 24.6 Å². The molecule has 0 aromatic heterocycles. The Labute approximate surface area is 118 Å². The Morgan fingerprint density at radius 3 is 2.89 bits per heavy atom. The zero-order valence-electron chi connectivity index (χ0n) is 11.2. The molecule has 104 valence electrons. The van der Waals surface area contributed by atoms with E-state index < -0.39 is 0 Å². The Bertz CT molecular complexity index is 460. The average molecular weight is 282 g/mol. The second-order valence-electron chi connectivity index (χ2n) is 5.10. The molecule has 0 heterocycles. The third-order valence-corrected chi connectivity index (χ3v) is 3.71. The molecule has 1 amide bonds. The molecule has 1 aliphatic carbocycles. The van der Waals surface area contributed by atoms with E-state index in [1.54, 1.807) is 18.2 Å². The molecule has 0 atom stereocenters. The van der Waals surface area contributed by atoms with Crippen LogP contribution in [0, 0.1) is 0 Å². The van der Waals surface area contributed by atoms with E-state index in [9.17, 15) is 4.79 Å². The van der Waals surface area contributed by atoms with Crippen molar-refractivity contribution in [1.29, 1.82) is 0 Å². The summed E-state index contributed by atoms with van der Waals surface area (Å²) < 4.78 is 0. The number of hydrogen-bond acceptors (Lipinski definition) is 3. The fraction of sp³-hybridized carbons (Fsp3) is 0.500. The topological polar surface area (TPSA) is 58.4 Å². The number of hydrogen-bond donors (Lipinski definition) is 2. The average Bonchev–Trinajstić information content (AvgIpc) is 3.18. The van der Waals surface area contributed by atoms with Gasteiger partial charge < -0.3 is 16.0 Å². The predicted octanol–water partition coefficient (Wildman–Crippen LogP) is 2.74. The Balaban J connectivity index is 1.72. The van der Waals surface area contributed by atoms with Crippen molar-refractivity contribution < 1.29 is 4.79 Å². The number of rotatable bonds is 6. The molecule has 1 fully saturated rings. The second-order valence-corrected chi connectivity index (χ2v) is 5.51. The summed E-state index contributed by atoms with van der Waals surface area (Å²) >= 11 is 5.83. The molecule has 5 heteroatoms. The monoisotopic (exact) mass is 281 g/mol. The van der Waals surface area contributed by atoms with Crippen LogP contribution in [0.3, 0.4) is 0 Å². The highest BCUT2D eigenvalue weighted by Gasteiger charge is 2.25. The van der Waals surface area contributed by atoms with Crippen molar-refractivity contribution in [1.82, 2.24) is 4.90 Å². The van der Waals surface area contributed by atoms with Crippen LogP contribution in [-0.2, 0) is 4.79 Å². The summed E-state index contributed by atoms with van der Waals surface area (Å²) in [5.74, 6) is 0.0194. The van der Waals surface area contributed by atoms with Gasteiger partial charge in [-0.3, -0.25) is 4.79 Å². The van der Waals surface area contributed by atoms with Crippen LogP contribution >= 0.6 is 11.6 Å². The normalized spacial score (nSPS) is 14.7. The summed E-state index contributed by atoms with van der Waals surface area (Å²) in [5.41, 5.74) is 6.86. The Morgan fingerprint density at radius 1 is 1.53 bits per heavy atom. The number of amides is 1. The van der Waals surface area contributed by atoms with Crippen LogP contribution in [-0.4, -0.2) is 30.4 Å². The van der Waals surface area contributed by atoms with Gasteiger partial charge in [-0.1, -0.05) is 11.6 Å². The summed E-state index contributed by atoms with van der Waals surface area (Å²) in [5, 5.41) is 3.34. The van der Waals surface area contributed by atoms with Gasteiger partial charge in [0, 0.05) is 18.2 Å². The molecule has 1 aliphatic rings. The zero-order chi connectivity index (χ0) is 13.8. The molecule has 3 N–H and O–H groups in total. The summed E-state index contributed by atoms with van der Waals surface area (Å²) in [4.78, 5) is 14.1. The summed E-state index contributed by atoms with van der Waals surface area (Å²) in [7, 11) is 2.12. The number of nitrogen functional groups attached to an aromatic ring is 1. The minimum Gasteiger partial charge on any atom is -0.397 e. The zero-order valence-corrected chi connectivity index (χ0v) is 11.9. The number of anilines is 2. The Kier molecular flexibility index (Phi) is 4.66. The van der Waals surface area contributed by atoms with Gasteiger partial charge in [0.25, 0.3) is 0 Å². The minimum absolute atomic E-state index is 0.0194. The third kappa shape index (κ3) is 4.40. The summed E-state index contributed by atoms with van der Waals surface area (Å²) in [6.07, 6.45) is 4.00. The van der Waals surface area contributed by atoms with Crippen LogP contribution < -0.4 is 11.1 Å². The molecule has 19 heavy (non-hydrogen) atoms. The molecular formula is C14H20ClN3O. The molecule has 1 aromatic rings. The third-order valence-electron chi connectivity index (χ3n) is 3.36. The molecule has 0 aliphatic heterocycles. The van der Waals surface area contributed by atoms with Crippen molar-refractivity contribution in [2.24, 2.45) is 0 Å². The maximum atomic E-state index is 11.8. The highest BCUT2D eigenvalue weighted by Crippen LogP contribution is 2.25. The maximum absolute atomic E-state index is 11.8. The van der Waals surface area contributed by atoms with E-state index in [4.69, 9.17) is 17.3 Å². The van der Waals surface area contributed by atoms with Crippen LogP contribution in [0.5, 0.6) is 0 Å². The first kappa shape index (κ1) is 14.2. The molecule has 0 spiro atoms. The van der Waals surface area contributed by atoms with Gasteiger partial charge in [0.15, 0.2) is 0 Å². The molecule has 0 radical (unpaired) electrons. The fourth-order valence-corrected chi connectivity index (χ4v) is 2.15. The maximum Gasteiger partial charge on any atom is 0.224 e. The molecule has 4 nitrogen and oxygen atoms in total. The number of halogens is 1. The van der Waals surface area contributed by atoms with Crippen molar-refractivity contribution in [3.63, 3.8) is 0 Å². The number of carbonyl (C=O) groups is 1. The van der Waals surface area contributed by atoms with Gasteiger partial charge in [0.1, 0.15) is 0 Å². The van der Waals surface area contributed by atoms with E-state index in [2.05, 4.69) is 17.3 Å². The lowest BCUT2D eigenvalue weighted by Gasteiger charge is -2.15. The van der Waals surface area contributed by atoms with Crippen molar-refractivity contribution in [3.05, 3.63) is 23.2 Å². The second kappa shape index (κ2) is 6.26. The van der Waals surface area contributed by atoms with Crippen molar-refractivity contribution >= 4 is 28.9 Å². The van der Waals surface area contributed by atoms with Crippen LogP contribution in [0.15, 0.2) is 18.2 Å². The summed E-state index contributed by atoms with van der Waals surface area (Å²) in [6, 6.07) is 5.87. The molecule has 0 unspecified atom stereocenters. The number of benzene rings is 1. The molecule has 0 saturated heterocycles. The van der Waals surface area contributed by atoms with E-state index >= 15 is 0 Å². The van der Waals surface area contributed by atoms with Gasteiger partial charge in [-0.15, -0.1) is 0 Å². The lowest BCUT2D eigenvalue weighted by Crippen LogP contribution is -2.23. The SMILES string of the molecule is CN(CCCC(=O)Nc1ccc(Cl)c(N)c1)C1CC1. The van der Waals surface area contributed by atoms with Crippen LogP contribution in [0.2, 0.25) is 5.02 Å². The lowest BCUT2D eigenvalue weighted by molar-refractivity contribution is -0.116. The Morgan fingerprint density at radius 2 is 2.26 bits per heavy atom. The smallest absolute Gasteiger partial charge is 0.224 e. The standard InChI is InChI=1S/C14H20ClN3O/c1-18(11-5-6-11)8-2-3-14(19)17-10-4-7-12(15)13(16)9-10/h4,7,9,11H,2-3,5-6,8,16H2,1H3,(H,17,19). The quantitative estimate of drug-likeness (QED) is 0.788. The van der Waals surface area contributed by atoms with E-state index in [1.807, 2.05) is 0 Å². The largest absolute Gasteiger partial charge is 0.397 e. The first-order valence-electron chi connectivity index (χ1n) is 6.61. The lowest BCUT2D eigenvalue weighted by atomic mass is 10.2. The van der Waals surface area contributed by atoms with E-state index in [-0.39, 0.29) is 5.91 Å². The minimum atomic E-state index is 0.0194. The number of nitrogens with zero attached hydrogens (tertiary/aromatic N) is 1. The number of nitrogens with two attached hydrogens (primary N) is 1. The first-order chi connectivity index (χ1) is 9.06. The first-order valence-corrected chi connectivity index (χ1v) is 6.99. The summed E-state index contributed by atoms with van der Waals surface area (Å²) in [6.45, 7) is 0.973. The molecule has 0 bridgehead atoms. The highest BCUT2D eigenvalue weighted by atomic mass is 35.5. The number of carbonyl (C=O) groups excluding carboxylic acids is 1. The number of nitrogens with one attached hydrogen (secondary N) is 1. The molecule has 1 aromatic carbocycles. The van der Waals surface area contributed by atoms with Crippen LogP contribution in [0.25, 0.3) is 0 Å². The van der Waals surface area contributed by atoms with Crippen LogP contribution in [0.1, 0.15) is 25.7 Å². The van der Waals surface area contributed by atoms with Crippen molar-refractivity contribution in [3.8, 4) is 0 Å². The van der Waals surface area contributed by atoms with Crippen LogP contribution in [0.4, 0.5) is 11.4 Å².